The Bertz CT molecular complexity index is 573. The highest BCUT2D eigenvalue weighted by Gasteiger charge is 2.09. The molecule has 0 atom stereocenters. The van der Waals surface area contributed by atoms with Crippen molar-refractivity contribution in [3.8, 4) is 17.5 Å². The van der Waals surface area contributed by atoms with Gasteiger partial charge in [0, 0.05) is 6.07 Å². The molecule has 0 radical (unpaired) electrons. The van der Waals surface area contributed by atoms with Gasteiger partial charge >= 0.3 is 0 Å². The van der Waals surface area contributed by atoms with Crippen LogP contribution in [0.25, 0.3) is 0 Å². The summed E-state index contributed by atoms with van der Waals surface area (Å²) >= 11 is 6.08. The monoisotopic (exact) mass is 264 g/mol. The van der Waals surface area contributed by atoms with E-state index in [0.717, 1.165) is 5.56 Å². The zero-order chi connectivity index (χ0) is 13.1. The van der Waals surface area contributed by atoms with Crippen LogP contribution in [0.2, 0.25) is 5.02 Å². The highest BCUT2D eigenvalue weighted by atomic mass is 35.5. The number of ether oxygens (including phenoxy) is 2. The smallest absolute Gasteiger partial charge is 0.246 e. The molecular formula is C13H13ClN2O2. The van der Waals surface area contributed by atoms with Crippen molar-refractivity contribution in [2.75, 3.05) is 12.8 Å². The van der Waals surface area contributed by atoms with Crippen LogP contribution < -0.4 is 15.2 Å². The molecule has 0 unspecified atom stereocenters. The summed E-state index contributed by atoms with van der Waals surface area (Å²) in [6, 6.07) is 8.82. The Hall–Kier alpha value is -1.94. The predicted molar refractivity (Wildman–Crippen MR) is 71.5 cm³/mol. The summed E-state index contributed by atoms with van der Waals surface area (Å²) in [6.45, 7) is 1.95. The second-order valence-electron chi connectivity index (χ2n) is 3.78. The summed E-state index contributed by atoms with van der Waals surface area (Å²) in [6.07, 6.45) is 0. The van der Waals surface area contributed by atoms with E-state index in [1.54, 1.807) is 18.2 Å². The Balaban J connectivity index is 2.33. The standard InChI is InChI=1S/C13H13ClN2O2/c1-8-3-5-11(9(14)7-8)18-13-10(15)4-6-12(16-13)17-2/h3-7H,15H2,1-2H3. The number of benzene rings is 1. The summed E-state index contributed by atoms with van der Waals surface area (Å²) in [5.41, 5.74) is 7.26. The highest BCUT2D eigenvalue weighted by Crippen LogP contribution is 2.32. The van der Waals surface area contributed by atoms with E-state index in [1.807, 2.05) is 19.1 Å². The average Bonchev–Trinajstić information content (AvgIpc) is 2.35. The van der Waals surface area contributed by atoms with Gasteiger partial charge in [-0.15, -0.1) is 0 Å². The number of nitrogens with two attached hydrogens (primary N) is 1. The predicted octanol–water partition coefficient (Wildman–Crippen LogP) is 3.43. The summed E-state index contributed by atoms with van der Waals surface area (Å²) in [5.74, 6) is 1.22. The summed E-state index contributed by atoms with van der Waals surface area (Å²) in [4.78, 5) is 4.12. The van der Waals surface area contributed by atoms with Gasteiger partial charge in [0.25, 0.3) is 0 Å². The van der Waals surface area contributed by atoms with E-state index in [2.05, 4.69) is 4.98 Å². The zero-order valence-corrected chi connectivity index (χ0v) is 10.9. The second kappa shape index (κ2) is 5.14. The molecule has 2 N–H and O–H groups in total. The number of aromatic nitrogens is 1. The summed E-state index contributed by atoms with van der Waals surface area (Å²) < 4.78 is 10.6. The van der Waals surface area contributed by atoms with Crippen molar-refractivity contribution in [2.24, 2.45) is 0 Å². The van der Waals surface area contributed by atoms with Crippen LogP contribution in [-0.4, -0.2) is 12.1 Å². The van der Waals surface area contributed by atoms with Crippen LogP contribution >= 0.6 is 11.6 Å². The Morgan fingerprint density at radius 2 is 2.00 bits per heavy atom. The lowest BCUT2D eigenvalue weighted by molar-refractivity contribution is 0.384. The molecule has 4 nitrogen and oxygen atoms in total. The van der Waals surface area contributed by atoms with Crippen LogP contribution in [-0.2, 0) is 0 Å². The first-order chi connectivity index (χ1) is 8.60. The van der Waals surface area contributed by atoms with Crippen molar-refractivity contribution in [1.82, 2.24) is 4.98 Å². The van der Waals surface area contributed by atoms with Gasteiger partial charge in [-0.25, -0.2) is 0 Å². The average molecular weight is 265 g/mol. The quantitative estimate of drug-likeness (QED) is 0.923. The molecule has 0 saturated heterocycles. The number of hydrogen-bond acceptors (Lipinski definition) is 4. The number of pyridine rings is 1. The third kappa shape index (κ3) is 2.65. The zero-order valence-electron chi connectivity index (χ0n) is 10.1. The van der Waals surface area contributed by atoms with Gasteiger partial charge in [-0.05, 0) is 30.7 Å². The van der Waals surface area contributed by atoms with Crippen LogP contribution in [0, 0.1) is 6.92 Å². The Morgan fingerprint density at radius 1 is 1.22 bits per heavy atom. The molecule has 5 heteroatoms. The van der Waals surface area contributed by atoms with Crippen LogP contribution in [0.4, 0.5) is 5.69 Å². The lowest BCUT2D eigenvalue weighted by Gasteiger charge is -2.10. The van der Waals surface area contributed by atoms with Gasteiger partial charge in [0.05, 0.1) is 17.8 Å². The molecule has 0 fully saturated rings. The third-order valence-electron chi connectivity index (χ3n) is 2.37. The van der Waals surface area contributed by atoms with E-state index in [1.165, 1.54) is 7.11 Å². The van der Waals surface area contributed by atoms with Gasteiger partial charge in [0.15, 0.2) is 0 Å². The van der Waals surface area contributed by atoms with Crippen molar-refractivity contribution in [2.45, 2.75) is 6.92 Å². The number of nitrogen functional groups attached to an aromatic ring is 1. The topological polar surface area (TPSA) is 57.4 Å². The van der Waals surface area contributed by atoms with Crippen molar-refractivity contribution in [1.29, 1.82) is 0 Å². The van der Waals surface area contributed by atoms with Crippen LogP contribution in [0.1, 0.15) is 5.56 Å². The highest BCUT2D eigenvalue weighted by molar-refractivity contribution is 6.32. The van der Waals surface area contributed by atoms with E-state index in [4.69, 9.17) is 26.8 Å². The molecule has 18 heavy (non-hydrogen) atoms. The van der Waals surface area contributed by atoms with Crippen LogP contribution in [0.5, 0.6) is 17.5 Å². The molecule has 1 heterocycles. The molecule has 0 spiro atoms. The van der Waals surface area contributed by atoms with Crippen molar-refractivity contribution >= 4 is 17.3 Å². The molecular weight excluding hydrogens is 252 g/mol. The summed E-state index contributed by atoms with van der Waals surface area (Å²) in [5, 5.41) is 0.513. The normalized spacial score (nSPS) is 10.2. The number of aryl methyl sites for hydroxylation is 1. The number of anilines is 1. The molecule has 94 valence electrons. The third-order valence-corrected chi connectivity index (χ3v) is 2.66. The van der Waals surface area contributed by atoms with E-state index < -0.39 is 0 Å². The number of halogens is 1. The molecule has 0 aliphatic rings. The van der Waals surface area contributed by atoms with E-state index >= 15 is 0 Å². The van der Waals surface area contributed by atoms with Crippen molar-refractivity contribution < 1.29 is 9.47 Å². The second-order valence-corrected chi connectivity index (χ2v) is 4.19. The van der Waals surface area contributed by atoms with Gasteiger partial charge in [0.1, 0.15) is 5.75 Å². The minimum Gasteiger partial charge on any atom is -0.481 e. The fourth-order valence-corrected chi connectivity index (χ4v) is 1.70. The molecule has 2 rings (SSSR count). The lowest BCUT2D eigenvalue weighted by atomic mass is 10.2. The molecule has 0 bridgehead atoms. The van der Waals surface area contributed by atoms with Crippen molar-refractivity contribution in [3.63, 3.8) is 0 Å². The fourth-order valence-electron chi connectivity index (χ4n) is 1.42. The Morgan fingerprint density at radius 3 is 2.67 bits per heavy atom. The maximum Gasteiger partial charge on any atom is 0.246 e. The van der Waals surface area contributed by atoms with E-state index in [0.29, 0.717) is 22.3 Å². The van der Waals surface area contributed by atoms with Gasteiger partial charge in [-0.2, -0.15) is 4.98 Å². The van der Waals surface area contributed by atoms with Crippen LogP contribution in [0.3, 0.4) is 0 Å². The van der Waals surface area contributed by atoms with Gasteiger partial charge < -0.3 is 15.2 Å². The largest absolute Gasteiger partial charge is 0.481 e. The van der Waals surface area contributed by atoms with Crippen molar-refractivity contribution in [3.05, 3.63) is 40.9 Å². The molecule has 0 amide bonds. The Kier molecular flexibility index (Phi) is 3.58. The molecule has 0 saturated carbocycles. The minimum atomic E-state index is 0.278. The van der Waals surface area contributed by atoms with Crippen LogP contribution in [0.15, 0.2) is 30.3 Å². The maximum absolute atomic E-state index is 6.08. The van der Waals surface area contributed by atoms with E-state index in [-0.39, 0.29) is 5.88 Å². The number of nitrogens with zero attached hydrogens (tertiary/aromatic N) is 1. The molecule has 2 aromatic rings. The fraction of sp³-hybridized carbons (Fsp3) is 0.154. The van der Waals surface area contributed by atoms with E-state index in [9.17, 15) is 0 Å². The minimum absolute atomic E-state index is 0.278. The SMILES string of the molecule is COc1ccc(N)c(Oc2ccc(C)cc2Cl)n1. The number of methoxy groups -OCH3 is 1. The van der Waals surface area contributed by atoms with Gasteiger partial charge in [0.2, 0.25) is 11.8 Å². The molecule has 1 aromatic carbocycles. The Labute approximate surface area is 110 Å². The molecule has 0 aliphatic heterocycles. The summed E-state index contributed by atoms with van der Waals surface area (Å²) in [7, 11) is 1.53. The maximum atomic E-state index is 6.08. The first-order valence-corrected chi connectivity index (χ1v) is 5.72. The first kappa shape index (κ1) is 12.5. The number of hydrogen-bond donors (Lipinski definition) is 1. The van der Waals surface area contributed by atoms with Gasteiger partial charge in [-0.3, -0.25) is 0 Å². The molecule has 1 aromatic heterocycles. The number of rotatable bonds is 3. The molecule has 0 aliphatic carbocycles. The first-order valence-electron chi connectivity index (χ1n) is 5.34. The van der Waals surface area contributed by atoms with Gasteiger partial charge in [-0.1, -0.05) is 17.7 Å². The lowest BCUT2D eigenvalue weighted by Crippen LogP contribution is -1.97.